The summed E-state index contributed by atoms with van der Waals surface area (Å²) in [6.45, 7) is 12.5. The third-order valence-corrected chi connectivity index (χ3v) is 8.94. The predicted octanol–water partition coefficient (Wildman–Crippen LogP) is 12.8. The van der Waals surface area contributed by atoms with E-state index < -0.39 is 23.9 Å². The molecule has 12 nitrogen and oxygen atoms in total. The zero-order valence-electron chi connectivity index (χ0n) is 34.6. The topological polar surface area (TPSA) is 186 Å². The van der Waals surface area contributed by atoms with Gasteiger partial charge in [0.05, 0.1) is 22.3 Å². The number of hydrogen-bond donors (Lipinski definition) is 4. The van der Waals surface area contributed by atoms with Crippen molar-refractivity contribution >= 4 is 48.7 Å². The minimum Gasteiger partial charge on any atom is -0.478 e. The number of hydrogen-bond acceptors (Lipinski definition) is 8. The van der Waals surface area contributed by atoms with Crippen molar-refractivity contribution in [2.75, 3.05) is 0 Å². The average Bonchev–Trinajstić information content (AvgIpc) is 3.19. The van der Waals surface area contributed by atoms with Crippen LogP contribution in [-0.2, 0) is 10.8 Å². The summed E-state index contributed by atoms with van der Waals surface area (Å²) < 4.78 is 23.9. The molecule has 0 fully saturated rings. The molecule has 6 aromatic carbocycles. The molecule has 0 aliphatic heterocycles. The van der Waals surface area contributed by atoms with E-state index in [9.17, 15) is 19.2 Å². The largest absolute Gasteiger partial charge is 0.478 e. The number of carboxylic acid groups (broad SMARTS) is 4. The van der Waals surface area contributed by atoms with Gasteiger partial charge in [-0.25, -0.2) is 19.2 Å². The molecule has 6 aromatic rings. The predicted molar refractivity (Wildman–Crippen MR) is 239 cm³/mol. The Bertz CT molecular complexity index is 2310. The van der Waals surface area contributed by atoms with Crippen molar-refractivity contribution in [1.29, 1.82) is 0 Å². The number of carboxylic acids is 4. The van der Waals surface area contributed by atoms with Crippen molar-refractivity contribution in [1.82, 2.24) is 0 Å². The van der Waals surface area contributed by atoms with Gasteiger partial charge >= 0.3 is 23.9 Å². The van der Waals surface area contributed by atoms with E-state index in [1.807, 2.05) is 24.3 Å². The summed E-state index contributed by atoms with van der Waals surface area (Å²) in [5.74, 6) is -0.328. The summed E-state index contributed by atoms with van der Waals surface area (Å²) in [7, 11) is 0. The lowest BCUT2D eigenvalue weighted by molar-refractivity contribution is 0.0686. The minimum atomic E-state index is -1.01. The maximum Gasteiger partial charge on any atom is 0.335 e. The zero-order valence-corrected chi connectivity index (χ0v) is 36.2. The van der Waals surface area contributed by atoms with Crippen molar-refractivity contribution in [3.05, 3.63) is 167 Å². The van der Waals surface area contributed by atoms with E-state index in [0.717, 1.165) is 11.1 Å². The number of benzene rings is 6. The molecule has 0 amide bonds. The third kappa shape index (κ3) is 13.5. The quantitative estimate of drug-likeness (QED) is 0.0912. The van der Waals surface area contributed by atoms with Crippen molar-refractivity contribution in [2.24, 2.45) is 0 Å². The van der Waals surface area contributed by atoms with Gasteiger partial charge in [-0.3, -0.25) is 0 Å². The molecule has 0 bridgehead atoms. The molecule has 324 valence electrons. The van der Waals surface area contributed by atoms with Crippen molar-refractivity contribution in [3.8, 4) is 46.0 Å². The highest BCUT2D eigenvalue weighted by Crippen LogP contribution is 2.40. The highest BCUT2D eigenvalue weighted by Gasteiger charge is 2.20. The van der Waals surface area contributed by atoms with Crippen LogP contribution < -0.4 is 18.9 Å². The molecule has 0 aromatic heterocycles. The molecule has 4 N–H and O–H groups in total. The van der Waals surface area contributed by atoms with Gasteiger partial charge in [-0.15, -0.1) is 24.8 Å². The van der Waals surface area contributed by atoms with Crippen LogP contribution in [0.4, 0.5) is 0 Å². The van der Waals surface area contributed by atoms with Gasteiger partial charge in [-0.2, -0.15) is 0 Å². The van der Waals surface area contributed by atoms with E-state index in [2.05, 4.69) is 41.5 Å². The first-order chi connectivity index (χ1) is 28.3. The molecule has 0 atom stereocenters. The summed E-state index contributed by atoms with van der Waals surface area (Å²) in [5.41, 5.74) is 2.50. The van der Waals surface area contributed by atoms with E-state index in [-0.39, 0.29) is 57.9 Å². The van der Waals surface area contributed by atoms with E-state index >= 15 is 0 Å². The Morgan fingerprint density at radius 3 is 0.742 bits per heavy atom. The van der Waals surface area contributed by atoms with E-state index in [0.29, 0.717) is 46.0 Å². The van der Waals surface area contributed by atoms with Gasteiger partial charge in [0.2, 0.25) is 0 Å². The molecule has 14 heteroatoms. The van der Waals surface area contributed by atoms with Crippen molar-refractivity contribution in [2.45, 2.75) is 52.4 Å². The number of halogens is 2. The summed E-state index contributed by atoms with van der Waals surface area (Å²) in [5, 5.41) is 36.2. The minimum absolute atomic E-state index is 0. The number of rotatable bonds is 12. The zero-order chi connectivity index (χ0) is 43.8. The molecule has 0 unspecified atom stereocenters. The number of ether oxygens (including phenoxy) is 4. The number of carbonyl (C=O) groups is 4. The van der Waals surface area contributed by atoms with Gasteiger partial charge in [-0.1, -0.05) is 53.7 Å². The van der Waals surface area contributed by atoms with Crippen LogP contribution in [0.25, 0.3) is 0 Å². The molecule has 0 saturated heterocycles. The Balaban J connectivity index is 0.000000320. The summed E-state index contributed by atoms with van der Waals surface area (Å²) in [6, 6.07) is 35.6. The maximum absolute atomic E-state index is 11.1. The van der Waals surface area contributed by atoms with Crippen LogP contribution in [0, 0.1) is 0 Å². The summed E-state index contributed by atoms with van der Waals surface area (Å²) in [6.07, 6.45) is 0. The first-order valence-corrected chi connectivity index (χ1v) is 18.6. The van der Waals surface area contributed by atoms with E-state index in [1.54, 1.807) is 60.7 Å². The first kappa shape index (κ1) is 49.3. The Morgan fingerprint density at radius 1 is 0.339 bits per heavy atom. The lowest BCUT2D eigenvalue weighted by Crippen LogP contribution is -2.11. The molecule has 0 saturated carbocycles. The second kappa shape index (κ2) is 21.0. The van der Waals surface area contributed by atoms with Crippen LogP contribution in [0.2, 0.25) is 0 Å². The normalized spacial score (nSPS) is 10.7. The lowest BCUT2D eigenvalue weighted by atomic mass is 9.87. The van der Waals surface area contributed by atoms with Gasteiger partial charge < -0.3 is 39.4 Å². The second-order valence-corrected chi connectivity index (χ2v) is 15.5. The Labute approximate surface area is 371 Å². The molecule has 0 heterocycles. The molecule has 0 aliphatic carbocycles. The molecule has 0 spiro atoms. The Kier molecular flexibility index (Phi) is 16.7. The van der Waals surface area contributed by atoms with Gasteiger partial charge in [0.15, 0.2) is 23.0 Å². The Morgan fingerprint density at radius 2 is 0.548 bits per heavy atom. The van der Waals surface area contributed by atoms with Crippen LogP contribution in [0.3, 0.4) is 0 Å². The Hall–Kier alpha value is -7.02. The molecule has 0 aliphatic rings. The maximum atomic E-state index is 11.1. The van der Waals surface area contributed by atoms with Crippen LogP contribution >= 0.6 is 24.8 Å². The number of aromatic carboxylic acids is 4. The van der Waals surface area contributed by atoms with Gasteiger partial charge in [0.25, 0.3) is 0 Å². The molecule has 62 heavy (non-hydrogen) atoms. The smallest absolute Gasteiger partial charge is 0.335 e. The molecule has 6 rings (SSSR count). The van der Waals surface area contributed by atoms with E-state index in [1.165, 1.54) is 48.5 Å². The van der Waals surface area contributed by atoms with Gasteiger partial charge in [0, 0.05) is 0 Å². The summed E-state index contributed by atoms with van der Waals surface area (Å²) in [4.78, 5) is 44.2. The van der Waals surface area contributed by atoms with Gasteiger partial charge in [0.1, 0.15) is 23.0 Å². The monoisotopic (exact) mass is 884 g/mol. The van der Waals surface area contributed by atoms with Gasteiger partial charge in [-0.05, 0) is 143 Å². The van der Waals surface area contributed by atoms with Crippen LogP contribution in [0.15, 0.2) is 133 Å². The SMILES string of the molecule is CC(C)(C)c1ccc(Oc2ccc(C(=O)O)cc2)c(Oc2ccc(C(=O)O)cc2)c1.CC(C)(C)c1ccc(Oc2ccc(C(=O)O)cc2)c(Oc2ccc(C(=O)O)cc2)c1.Cl.Cl. The van der Waals surface area contributed by atoms with Crippen LogP contribution in [0.5, 0.6) is 46.0 Å². The van der Waals surface area contributed by atoms with Crippen molar-refractivity contribution < 1.29 is 58.6 Å². The fourth-order valence-corrected chi connectivity index (χ4v) is 5.45. The second-order valence-electron chi connectivity index (χ2n) is 15.5. The van der Waals surface area contributed by atoms with Crippen LogP contribution in [0.1, 0.15) is 94.1 Å². The lowest BCUT2D eigenvalue weighted by Gasteiger charge is -2.21. The average molecular weight is 886 g/mol. The molecule has 0 radical (unpaired) electrons. The first-order valence-electron chi connectivity index (χ1n) is 18.6. The highest BCUT2D eigenvalue weighted by atomic mass is 35.5. The molecular formula is C48H46Cl2O12. The highest BCUT2D eigenvalue weighted by molar-refractivity contribution is 5.89. The fraction of sp³-hybridized carbons (Fsp3) is 0.167. The fourth-order valence-electron chi connectivity index (χ4n) is 5.45. The third-order valence-electron chi connectivity index (χ3n) is 8.94. The molecular weight excluding hydrogens is 839 g/mol. The van der Waals surface area contributed by atoms with Crippen molar-refractivity contribution in [3.63, 3.8) is 0 Å². The van der Waals surface area contributed by atoms with E-state index in [4.69, 9.17) is 39.4 Å². The van der Waals surface area contributed by atoms with Crippen LogP contribution in [-0.4, -0.2) is 44.3 Å². The summed E-state index contributed by atoms with van der Waals surface area (Å²) >= 11 is 0. The standard InChI is InChI=1S/2C24H22O6.2ClH/c2*1-24(2,3)17-8-13-20(29-18-9-4-15(5-10-18)22(25)26)21(14-17)30-19-11-6-16(7-12-19)23(27)28;;/h2*4-14H,1-3H3,(H,25,26)(H,27,28);2*1H.